The van der Waals surface area contributed by atoms with Gasteiger partial charge in [0.05, 0.1) is 12.3 Å². The fraction of sp³-hybridized carbons (Fsp3) is 1.00. The van der Waals surface area contributed by atoms with Crippen molar-refractivity contribution in [1.29, 1.82) is 0 Å². The van der Waals surface area contributed by atoms with E-state index in [1.807, 2.05) is 0 Å². The minimum atomic E-state index is 0.465. The smallest absolute Gasteiger partial charge is 0.0776 e. The third-order valence-electron chi connectivity index (χ3n) is 4.70. The standard InChI is InChI=1S/C16H32N3/c1-3-15(18-11-7-5-8-12-18)17-16(4-2)19-13-9-6-10-14-19/h15-16H,3-14H2,1-2H3. The van der Waals surface area contributed by atoms with Gasteiger partial charge in [-0.2, -0.15) is 0 Å². The van der Waals surface area contributed by atoms with Gasteiger partial charge in [0.2, 0.25) is 0 Å². The molecule has 0 aromatic heterocycles. The van der Waals surface area contributed by atoms with E-state index in [0.717, 1.165) is 0 Å². The van der Waals surface area contributed by atoms with E-state index in [2.05, 4.69) is 23.6 Å². The average Bonchev–Trinajstić information content (AvgIpc) is 2.50. The summed E-state index contributed by atoms with van der Waals surface area (Å²) in [7, 11) is 0. The maximum atomic E-state index is 5.21. The number of piperidine rings is 2. The Hall–Kier alpha value is -0.120. The van der Waals surface area contributed by atoms with Crippen molar-refractivity contribution in [3.05, 3.63) is 0 Å². The van der Waals surface area contributed by atoms with Gasteiger partial charge in [0.1, 0.15) is 0 Å². The van der Waals surface area contributed by atoms with E-state index < -0.39 is 0 Å². The highest BCUT2D eigenvalue weighted by atomic mass is 15.4. The molecule has 3 heteroatoms. The summed E-state index contributed by atoms with van der Waals surface area (Å²) in [4.78, 5) is 5.24. The Morgan fingerprint density at radius 3 is 1.37 bits per heavy atom. The summed E-state index contributed by atoms with van der Waals surface area (Å²) < 4.78 is 0. The molecule has 0 aliphatic carbocycles. The molecule has 3 nitrogen and oxygen atoms in total. The molecule has 19 heavy (non-hydrogen) atoms. The van der Waals surface area contributed by atoms with Gasteiger partial charge in [-0.25, -0.2) is 5.32 Å². The maximum absolute atomic E-state index is 5.21. The highest BCUT2D eigenvalue weighted by Gasteiger charge is 2.26. The first-order valence-electron chi connectivity index (χ1n) is 8.53. The third kappa shape index (κ3) is 4.44. The van der Waals surface area contributed by atoms with E-state index in [0.29, 0.717) is 12.3 Å². The number of rotatable bonds is 6. The molecule has 0 bridgehead atoms. The lowest BCUT2D eigenvalue weighted by atomic mass is 10.1. The molecule has 2 saturated heterocycles. The van der Waals surface area contributed by atoms with Crippen LogP contribution in [0.3, 0.4) is 0 Å². The molecular weight excluding hydrogens is 234 g/mol. The summed E-state index contributed by atoms with van der Waals surface area (Å²) in [6, 6.07) is 0. The van der Waals surface area contributed by atoms with Gasteiger partial charge < -0.3 is 0 Å². The van der Waals surface area contributed by atoms with Gasteiger partial charge in [-0.15, -0.1) is 0 Å². The zero-order valence-corrected chi connectivity index (χ0v) is 13.0. The van der Waals surface area contributed by atoms with Crippen LogP contribution in [-0.4, -0.2) is 48.3 Å². The zero-order valence-electron chi connectivity index (χ0n) is 13.0. The van der Waals surface area contributed by atoms with Gasteiger partial charge in [-0.1, -0.05) is 26.7 Å². The Bertz CT molecular complexity index is 208. The van der Waals surface area contributed by atoms with Crippen LogP contribution in [0, 0.1) is 0 Å². The lowest BCUT2D eigenvalue weighted by molar-refractivity contribution is 0.0589. The summed E-state index contributed by atoms with van der Waals surface area (Å²) in [5, 5.41) is 5.21. The fourth-order valence-corrected chi connectivity index (χ4v) is 3.55. The van der Waals surface area contributed by atoms with E-state index in [1.54, 1.807) is 0 Å². The Balaban J connectivity index is 1.86. The lowest BCUT2D eigenvalue weighted by Crippen LogP contribution is -2.53. The van der Waals surface area contributed by atoms with Gasteiger partial charge in [0.15, 0.2) is 0 Å². The van der Waals surface area contributed by atoms with Crippen molar-refractivity contribution < 1.29 is 0 Å². The van der Waals surface area contributed by atoms with E-state index in [4.69, 9.17) is 5.32 Å². The van der Waals surface area contributed by atoms with Crippen LogP contribution in [0.1, 0.15) is 65.2 Å². The van der Waals surface area contributed by atoms with E-state index >= 15 is 0 Å². The van der Waals surface area contributed by atoms with Gasteiger partial charge in [-0.05, 0) is 64.7 Å². The normalized spacial score (nSPS) is 26.2. The third-order valence-corrected chi connectivity index (χ3v) is 4.70. The van der Waals surface area contributed by atoms with E-state index in [9.17, 15) is 0 Å². The Morgan fingerprint density at radius 1 is 0.684 bits per heavy atom. The van der Waals surface area contributed by atoms with Crippen molar-refractivity contribution in [3.63, 3.8) is 0 Å². The van der Waals surface area contributed by atoms with Crippen molar-refractivity contribution in [2.45, 2.75) is 77.5 Å². The molecule has 0 aromatic rings. The number of likely N-dealkylation sites (tertiary alicyclic amines) is 2. The van der Waals surface area contributed by atoms with Crippen molar-refractivity contribution in [3.8, 4) is 0 Å². The Kier molecular flexibility index (Phi) is 6.62. The molecule has 2 atom stereocenters. The van der Waals surface area contributed by atoms with Crippen molar-refractivity contribution in [1.82, 2.24) is 15.1 Å². The SMILES string of the molecule is CCC([N]C(CC)N1CCCCC1)N1CCCCC1. The van der Waals surface area contributed by atoms with Crippen LogP contribution in [0.25, 0.3) is 0 Å². The molecule has 0 aromatic carbocycles. The summed E-state index contributed by atoms with van der Waals surface area (Å²) >= 11 is 0. The molecule has 1 radical (unpaired) electrons. The van der Waals surface area contributed by atoms with Gasteiger partial charge >= 0.3 is 0 Å². The Morgan fingerprint density at radius 2 is 1.05 bits per heavy atom. The Labute approximate surface area is 119 Å². The number of hydrogen-bond donors (Lipinski definition) is 0. The molecule has 0 N–H and O–H groups in total. The second kappa shape index (κ2) is 8.23. The van der Waals surface area contributed by atoms with E-state index in [-0.39, 0.29) is 0 Å². The van der Waals surface area contributed by atoms with Crippen molar-refractivity contribution in [2.24, 2.45) is 0 Å². The van der Waals surface area contributed by atoms with Gasteiger partial charge in [0, 0.05) is 0 Å². The first-order chi connectivity index (χ1) is 9.35. The lowest BCUT2D eigenvalue weighted by Gasteiger charge is -2.40. The highest BCUT2D eigenvalue weighted by molar-refractivity contribution is 4.78. The van der Waals surface area contributed by atoms with Crippen LogP contribution in [0.2, 0.25) is 0 Å². The van der Waals surface area contributed by atoms with Crippen LogP contribution in [0.5, 0.6) is 0 Å². The summed E-state index contributed by atoms with van der Waals surface area (Å²) in [5.41, 5.74) is 0. The zero-order chi connectivity index (χ0) is 13.5. The highest BCUT2D eigenvalue weighted by Crippen LogP contribution is 2.18. The second-order valence-corrected chi connectivity index (χ2v) is 6.12. The minimum absolute atomic E-state index is 0.465. The predicted octanol–water partition coefficient (Wildman–Crippen LogP) is 3.03. The molecule has 2 aliphatic heterocycles. The minimum Gasteiger partial charge on any atom is -0.287 e. The molecule has 0 spiro atoms. The maximum Gasteiger partial charge on any atom is 0.0776 e. The number of nitrogens with zero attached hydrogens (tertiary/aromatic N) is 3. The quantitative estimate of drug-likeness (QED) is 0.736. The molecule has 2 rings (SSSR count). The van der Waals surface area contributed by atoms with Crippen LogP contribution >= 0.6 is 0 Å². The molecule has 0 amide bonds. The monoisotopic (exact) mass is 266 g/mol. The predicted molar refractivity (Wildman–Crippen MR) is 81.1 cm³/mol. The van der Waals surface area contributed by atoms with Gasteiger partial charge in [0.25, 0.3) is 0 Å². The van der Waals surface area contributed by atoms with E-state index in [1.165, 1.54) is 77.5 Å². The topological polar surface area (TPSA) is 20.6 Å². The second-order valence-electron chi connectivity index (χ2n) is 6.12. The van der Waals surface area contributed by atoms with Crippen LogP contribution < -0.4 is 5.32 Å². The average molecular weight is 266 g/mol. The molecule has 2 heterocycles. The van der Waals surface area contributed by atoms with Crippen molar-refractivity contribution >= 4 is 0 Å². The molecule has 2 aliphatic rings. The van der Waals surface area contributed by atoms with Crippen molar-refractivity contribution in [2.75, 3.05) is 26.2 Å². The molecule has 0 saturated carbocycles. The van der Waals surface area contributed by atoms with Crippen LogP contribution in [0.15, 0.2) is 0 Å². The largest absolute Gasteiger partial charge is 0.287 e. The van der Waals surface area contributed by atoms with Crippen LogP contribution in [-0.2, 0) is 0 Å². The first kappa shape index (κ1) is 15.3. The number of hydrogen-bond acceptors (Lipinski definition) is 2. The summed E-state index contributed by atoms with van der Waals surface area (Å²) in [6.45, 7) is 9.64. The van der Waals surface area contributed by atoms with Crippen LogP contribution in [0.4, 0.5) is 0 Å². The van der Waals surface area contributed by atoms with Gasteiger partial charge in [-0.3, -0.25) is 9.80 Å². The summed E-state index contributed by atoms with van der Waals surface area (Å²) in [6.07, 6.45) is 11.6. The molecule has 111 valence electrons. The fourth-order valence-electron chi connectivity index (χ4n) is 3.55. The summed E-state index contributed by atoms with van der Waals surface area (Å²) in [5.74, 6) is 0. The molecule has 2 unspecified atom stereocenters. The molecular formula is C16H32N3. The first-order valence-corrected chi connectivity index (χ1v) is 8.53. The molecule has 2 fully saturated rings.